The Morgan fingerprint density at radius 1 is 1.35 bits per heavy atom. The van der Waals surface area contributed by atoms with Crippen molar-refractivity contribution in [3.05, 3.63) is 57.5 Å². The lowest BCUT2D eigenvalue weighted by molar-refractivity contribution is 0.0993. The van der Waals surface area contributed by atoms with Crippen LogP contribution in [0.15, 0.2) is 35.7 Å². The van der Waals surface area contributed by atoms with Gasteiger partial charge >= 0.3 is 0 Å². The van der Waals surface area contributed by atoms with Crippen molar-refractivity contribution in [2.75, 3.05) is 0 Å². The number of carbonyl (C=O) groups is 1. The van der Waals surface area contributed by atoms with E-state index in [9.17, 15) is 9.18 Å². The van der Waals surface area contributed by atoms with Crippen LogP contribution in [0.3, 0.4) is 0 Å². The van der Waals surface area contributed by atoms with Crippen LogP contribution < -0.4 is 0 Å². The van der Waals surface area contributed by atoms with Gasteiger partial charge in [-0.05, 0) is 23.6 Å². The molecule has 0 amide bonds. The number of hydrogen-bond donors (Lipinski definition) is 0. The number of nitrogens with zero attached hydrogens (tertiary/aromatic N) is 1. The normalized spacial score (nSPS) is 9.88. The van der Waals surface area contributed by atoms with Gasteiger partial charge in [-0.25, -0.2) is 4.39 Å². The minimum Gasteiger partial charge on any atom is -0.294 e. The summed E-state index contributed by atoms with van der Waals surface area (Å²) < 4.78 is 13.3. The van der Waals surface area contributed by atoms with Crippen molar-refractivity contribution < 1.29 is 9.18 Å². The lowest BCUT2D eigenvalue weighted by Gasteiger charge is -2.02. The zero-order valence-corrected chi connectivity index (χ0v) is 9.63. The predicted molar refractivity (Wildman–Crippen MR) is 63.5 cm³/mol. The Morgan fingerprint density at radius 3 is 2.82 bits per heavy atom. The summed E-state index contributed by atoms with van der Waals surface area (Å²) in [6, 6.07) is 9.53. The third-order valence-corrected chi connectivity index (χ3v) is 3.22. The van der Waals surface area contributed by atoms with E-state index < -0.39 is 5.82 Å². The maximum absolute atomic E-state index is 13.3. The number of rotatable bonds is 3. The average molecular weight is 245 g/mol. The molecule has 2 nitrogen and oxygen atoms in total. The SMILES string of the molecule is N#Cc1c(F)cccc1C(=O)Cc1cccs1. The number of ketones is 1. The average Bonchev–Trinajstić information content (AvgIpc) is 2.81. The van der Waals surface area contributed by atoms with E-state index >= 15 is 0 Å². The molecule has 4 heteroatoms. The van der Waals surface area contributed by atoms with E-state index in [1.54, 1.807) is 6.07 Å². The Labute approximate surface area is 102 Å². The van der Waals surface area contributed by atoms with Crippen molar-refractivity contribution in [2.45, 2.75) is 6.42 Å². The lowest BCUT2D eigenvalue weighted by atomic mass is 10.0. The van der Waals surface area contributed by atoms with Gasteiger partial charge in [0.05, 0.1) is 5.56 Å². The highest BCUT2D eigenvalue weighted by molar-refractivity contribution is 7.10. The van der Waals surface area contributed by atoms with Gasteiger partial charge < -0.3 is 0 Å². The summed E-state index contributed by atoms with van der Waals surface area (Å²) in [6.45, 7) is 0. The molecule has 0 atom stereocenters. The first-order valence-corrected chi connectivity index (χ1v) is 5.84. The smallest absolute Gasteiger partial charge is 0.169 e. The number of thiophene rings is 1. The third-order valence-electron chi connectivity index (χ3n) is 2.34. The van der Waals surface area contributed by atoms with E-state index in [-0.39, 0.29) is 23.3 Å². The van der Waals surface area contributed by atoms with Gasteiger partial charge in [0, 0.05) is 16.9 Å². The number of carbonyl (C=O) groups excluding carboxylic acids is 1. The second kappa shape index (κ2) is 4.89. The Morgan fingerprint density at radius 2 is 2.18 bits per heavy atom. The highest BCUT2D eigenvalue weighted by Crippen LogP contribution is 2.17. The third kappa shape index (κ3) is 2.40. The minimum absolute atomic E-state index is 0.154. The van der Waals surface area contributed by atoms with Crippen LogP contribution >= 0.6 is 11.3 Å². The Balaban J connectivity index is 2.32. The topological polar surface area (TPSA) is 40.9 Å². The fourth-order valence-electron chi connectivity index (χ4n) is 1.54. The summed E-state index contributed by atoms with van der Waals surface area (Å²) in [5.74, 6) is -0.881. The maximum atomic E-state index is 13.3. The van der Waals surface area contributed by atoms with Crippen LogP contribution in [-0.4, -0.2) is 5.78 Å². The van der Waals surface area contributed by atoms with E-state index in [1.807, 2.05) is 17.5 Å². The van der Waals surface area contributed by atoms with E-state index in [0.717, 1.165) is 4.88 Å². The van der Waals surface area contributed by atoms with Crippen molar-refractivity contribution >= 4 is 17.1 Å². The van der Waals surface area contributed by atoms with Crippen molar-refractivity contribution in [1.29, 1.82) is 5.26 Å². The Bertz CT molecular complexity index is 584. The molecule has 0 spiro atoms. The zero-order valence-electron chi connectivity index (χ0n) is 8.81. The van der Waals surface area contributed by atoms with Gasteiger partial charge in [-0.3, -0.25) is 4.79 Å². The summed E-state index contributed by atoms with van der Waals surface area (Å²) in [5.41, 5.74) is -0.0186. The van der Waals surface area contributed by atoms with Crippen LogP contribution in [0.2, 0.25) is 0 Å². The highest BCUT2D eigenvalue weighted by atomic mass is 32.1. The second-order valence-electron chi connectivity index (χ2n) is 3.45. The van der Waals surface area contributed by atoms with Crippen molar-refractivity contribution in [2.24, 2.45) is 0 Å². The molecular weight excluding hydrogens is 237 g/mol. The zero-order chi connectivity index (χ0) is 12.3. The molecule has 0 unspecified atom stereocenters. The van der Waals surface area contributed by atoms with E-state index in [0.29, 0.717) is 0 Å². The summed E-state index contributed by atoms with van der Waals surface area (Å²) in [4.78, 5) is 12.8. The maximum Gasteiger partial charge on any atom is 0.169 e. The van der Waals surface area contributed by atoms with Crippen LogP contribution in [0, 0.1) is 17.1 Å². The molecule has 0 saturated carbocycles. The summed E-state index contributed by atoms with van der Waals surface area (Å²) in [5, 5.41) is 10.7. The molecule has 0 aliphatic heterocycles. The number of benzene rings is 1. The number of hydrogen-bond acceptors (Lipinski definition) is 3. The molecule has 0 radical (unpaired) electrons. The van der Waals surface area contributed by atoms with Crippen molar-refractivity contribution in [1.82, 2.24) is 0 Å². The molecule has 0 aliphatic carbocycles. The molecule has 1 aromatic heterocycles. The first-order chi connectivity index (χ1) is 8.22. The largest absolute Gasteiger partial charge is 0.294 e. The first-order valence-electron chi connectivity index (χ1n) is 4.96. The molecule has 84 valence electrons. The van der Waals surface area contributed by atoms with Gasteiger partial charge in [0.1, 0.15) is 11.9 Å². The molecule has 1 heterocycles. The van der Waals surface area contributed by atoms with E-state index in [2.05, 4.69) is 0 Å². The fraction of sp³-hybridized carbons (Fsp3) is 0.0769. The van der Waals surface area contributed by atoms with Crippen LogP contribution in [0.5, 0.6) is 0 Å². The monoisotopic (exact) mass is 245 g/mol. The van der Waals surface area contributed by atoms with Gasteiger partial charge in [0.25, 0.3) is 0 Å². The van der Waals surface area contributed by atoms with Crippen LogP contribution in [-0.2, 0) is 6.42 Å². The molecule has 0 aliphatic rings. The lowest BCUT2D eigenvalue weighted by Crippen LogP contribution is -2.06. The van der Waals surface area contributed by atoms with Crippen molar-refractivity contribution in [3.8, 4) is 6.07 Å². The molecule has 0 fully saturated rings. The van der Waals surface area contributed by atoms with E-state index in [1.165, 1.54) is 29.5 Å². The first kappa shape index (κ1) is 11.5. The minimum atomic E-state index is -0.649. The summed E-state index contributed by atoms with van der Waals surface area (Å²) in [7, 11) is 0. The van der Waals surface area contributed by atoms with Gasteiger partial charge in [-0.1, -0.05) is 12.1 Å². The molecule has 0 bridgehead atoms. The molecular formula is C13H8FNOS. The summed E-state index contributed by atoms with van der Waals surface area (Å²) >= 11 is 1.47. The fourth-order valence-corrected chi connectivity index (χ4v) is 2.24. The molecule has 2 rings (SSSR count). The molecule has 2 aromatic rings. The highest BCUT2D eigenvalue weighted by Gasteiger charge is 2.15. The second-order valence-corrected chi connectivity index (χ2v) is 4.49. The standard InChI is InChI=1S/C13H8FNOS/c14-12-5-1-4-10(11(12)8-15)13(16)7-9-3-2-6-17-9/h1-6H,7H2. The van der Waals surface area contributed by atoms with Crippen LogP contribution in [0.1, 0.15) is 20.8 Å². The predicted octanol–water partition coefficient (Wildman–Crippen LogP) is 3.18. The number of halogens is 1. The van der Waals surface area contributed by atoms with Crippen LogP contribution in [0.4, 0.5) is 4.39 Å². The molecule has 1 aromatic carbocycles. The van der Waals surface area contributed by atoms with Crippen molar-refractivity contribution in [3.63, 3.8) is 0 Å². The van der Waals surface area contributed by atoms with Gasteiger partial charge in [-0.2, -0.15) is 5.26 Å². The Hall–Kier alpha value is -1.99. The number of nitriles is 1. The number of Topliss-reactive ketones (excluding diaryl/α,β-unsaturated/α-hetero) is 1. The van der Waals surface area contributed by atoms with Gasteiger partial charge in [-0.15, -0.1) is 11.3 Å². The van der Waals surface area contributed by atoms with Gasteiger partial charge in [0.2, 0.25) is 0 Å². The van der Waals surface area contributed by atoms with E-state index in [4.69, 9.17) is 5.26 Å². The van der Waals surface area contributed by atoms with Crippen LogP contribution in [0.25, 0.3) is 0 Å². The molecule has 17 heavy (non-hydrogen) atoms. The van der Waals surface area contributed by atoms with Gasteiger partial charge in [0.15, 0.2) is 5.78 Å². The molecule has 0 N–H and O–H groups in total. The summed E-state index contributed by atoms with van der Waals surface area (Å²) in [6.07, 6.45) is 0.204. The quantitative estimate of drug-likeness (QED) is 0.779. The molecule has 0 saturated heterocycles. The Kier molecular flexibility index (Phi) is 3.31.